The van der Waals surface area contributed by atoms with Gasteiger partial charge in [-0.25, -0.2) is 0 Å². The Morgan fingerprint density at radius 1 is 1.17 bits per heavy atom. The van der Waals surface area contributed by atoms with Crippen LogP contribution in [0.15, 0.2) is 0 Å². The Kier molecular flexibility index (Phi) is 7.87. The first-order chi connectivity index (χ1) is 8.76. The Hall–Kier alpha value is -0.120. The molecule has 0 aromatic heterocycles. The van der Waals surface area contributed by atoms with Crippen LogP contribution in [0.25, 0.3) is 0 Å². The Morgan fingerprint density at radius 3 is 2.44 bits per heavy atom. The summed E-state index contributed by atoms with van der Waals surface area (Å²) in [4.78, 5) is 0. The monoisotopic (exact) mass is 257 g/mol. The molecule has 0 aliphatic heterocycles. The van der Waals surface area contributed by atoms with Gasteiger partial charge in [0.1, 0.15) is 0 Å². The highest BCUT2D eigenvalue weighted by Crippen LogP contribution is 2.41. The molecular formula is C15H31NO2. The van der Waals surface area contributed by atoms with Crippen LogP contribution in [0.2, 0.25) is 0 Å². The van der Waals surface area contributed by atoms with Crippen molar-refractivity contribution in [2.45, 2.75) is 51.9 Å². The molecule has 3 heteroatoms. The third kappa shape index (κ3) is 5.25. The van der Waals surface area contributed by atoms with Gasteiger partial charge in [-0.15, -0.1) is 0 Å². The number of ether oxygens (including phenoxy) is 2. The summed E-state index contributed by atoms with van der Waals surface area (Å²) in [7, 11) is 1.73. The van der Waals surface area contributed by atoms with E-state index in [1.807, 2.05) is 0 Å². The van der Waals surface area contributed by atoms with E-state index in [2.05, 4.69) is 6.92 Å². The van der Waals surface area contributed by atoms with Crippen LogP contribution >= 0.6 is 0 Å². The lowest BCUT2D eigenvalue weighted by Gasteiger charge is -2.39. The maximum absolute atomic E-state index is 6.01. The van der Waals surface area contributed by atoms with Crippen molar-refractivity contribution < 1.29 is 9.47 Å². The van der Waals surface area contributed by atoms with Gasteiger partial charge in [-0.2, -0.15) is 0 Å². The lowest BCUT2D eigenvalue weighted by molar-refractivity contribution is 0.0569. The number of hydrogen-bond acceptors (Lipinski definition) is 3. The highest BCUT2D eigenvalue weighted by molar-refractivity contribution is 4.86. The van der Waals surface area contributed by atoms with Crippen molar-refractivity contribution in [1.29, 1.82) is 0 Å². The summed E-state index contributed by atoms with van der Waals surface area (Å²) in [5, 5.41) is 0. The lowest BCUT2D eigenvalue weighted by atomic mass is 9.68. The van der Waals surface area contributed by atoms with Gasteiger partial charge in [0.2, 0.25) is 0 Å². The van der Waals surface area contributed by atoms with E-state index in [0.717, 1.165) is 45.1 Å². The number of rotatable bonds is 9. The van der Waals surface area contributed by atoms with Crippen molar-refractivity contribution in [1.82, 2.24) is 0 Å². The van der Waals surface area contributed by atoms with Crippen LogP contribution in [-0.4, -0.2) is 33.5 Å². The maximum atomic E-state index is 6.01. The van der Waals surface area contributed by atoms with Gasteiger partial charge in [0.15, 0.2) is 0 Å². The predicted octanol–water partition coefficient (Wildman–Crippen LogP) is 2.97. The Bertz CT molecular complexity index is 201. The molecule has 1 saturated carbocycles. The molecule has 0 atom stereocenters. The summed E-state index contributed by atoms with van der Waals surface area (Å²) in [6.45, 7) is 5.59. The van der Waals surface area contributed by atoms with Crippen LogP contribution < -0.4 is 5.73 Å². The molecule has 3 nitrogen and oxygen atoms in total. The molecular weight excluding hydrogens is 226 g/mol. The molecule has 108 valence electrons. The normalized spacial score (nSPS) is 28.5. The fraction of sp³-hybridized carbons (Fsp3) is 1.00. The van der Waals surface area contributed by atoms with Crippen molar-refractivity contribution in [3.63, 3.8) is 0 Å². The summed E-state index contributed by atoms with van der Waals surface area (Å²) >= 11 is 0. The largest absolute Gasteiger partial charge is 0.385 e. The van der Waals surface area contributed by atoms with E-state index in [4.69, 9.17) is 15.2 Å². The zero-order valence-corrected chi connectivity index (χ0v) is 12.2. The van der Waals surface area contributed by atoms with Gasteiger partial charge >= 0.3 is 0 Å². The predicted molar refractivity (Wildman–Crippen MR) is 75.7 cm³/mol. The second kappa shape index (κ2) is 8.89. The molecule has 1 fully saturated rings. The van der Waals surface area contributed by atoms with Gasteiger partial charge in [-0.05, 0) is 56.4 Å². The minimum absolute atomic E-state index is 0.368. The molecule has 0 amide bonds. The fourth-order valence-electron chi connectivity index (χ4n) is 2.95. The standard InChI is InChI=1S/C15H31NO2/c1-3-14-5-7-15(13-16,8-6-14)9-12-18-11-4-10-17-2/h14H,3-13,16H2,1-2H3. The molecule has 1 aliphatic carbocycles. The SMILES string of the molecule is CCC1CCC(CN)(CCOCCCOC)CC1. The van der Waals surface area contributed by atoms with Crippen LogP contribution in [0, 0.1) is 11.3 Å². The second-order valence-electron chi connectivity index (χ2n) is 5.76. The summed E-state index contributed by atoms with van der Waals surface area (Å²) in [6.07, 6.45) is 8.76. The van der Waals surface area contributed by atoms with E-state index in [9.17, 15) is 0 Å². The van der Waals surface area contributed by atoms with Gasteiger partial charge in [0.05, 0.1) is 0 Å². The molecule has 0 spiro atoms. The van der Waals surface area contributed by atoms with Gasteiger partial charge < -0.3 is 15.2 Å². The van der Waals surface area contributed by atoms with Gasteiger partial charge in [0.25, 0.3) is 0 Å². The average molecular weight is 257 g/mol. The smallest absolute Gasteiger partial charge is 0.0487 e. The van der Waals surface area contributed by atoms with Gasteiger partial charge in [-0.3, -0.25) is 0 Å². The fourth-order valence-corrected chi connectivity index (χ4v) is 2.95. The number of methoxy groups -OCH3 is 1. The summed E-state index contributed by atoms with van der Waals surface area (Å²) in [6, 6.07) is 0. The average Bonchev–Trinajstić information content (AvgIpc) is 2.43. The summed E-state index contributed by atoms with van der Waals surface area (Å²) < 4.78 is 10.7. The highest BCUT2D eigenvalue weighted by Gasteiger charge is 2.33. The maximum Gasteiger partial charge on any atom is 0.0487 e. The number of nitrogens with two attached hydrogens (primary N) is 1. The minimum Gasteiger partial charge on any atom is -0.385 e. The van der Waals surface area contributed by atoms with E-state index in [0.29, 0.717) is 5.41 Å². The topological polar surface area (TPSA) is 44.5 Å². The van der Waals surface area contributed by atoms with E-state index >= 15 is 0 Å². The van der Waals surface area contributed by atoms with Crippen molar-refractivity contribution in [2.75, 3.05) is 33.5 Å². The van der Waals surface area contributed by atoms with Crippen LogP contribution in [0.4, 0.5) is 0 Å². The van der Waals surface area contributed by atoms with E-state index in [-0.39, 0.29) is 0 Å². The van der Waals surface area contributed by atoms with Crippen molar-refractivity contribution in [3.05, 3.63) is 0 Å². The molecule has 0 heterocycles. The molecule has 0 bridgehead atoms. The molecule has 18 heavy (non-hydrogen) atoms. The molecule has 0 aromatic rings. The molecule has 0 unspecified atom stereocenters. The molecule has 1 rings (SSSR count). The van der Waals surface area contributed by atoms with Crippen molar-refractivity contribution in [2.24, 2.45) is 17.1 Å². The quantitative estimate of drug-likeness (QED) is 0.646. The summed E-state index contributed by atoms with van der Waals surface area (Å²) in [5.74, 6) is 0.937. The lowest BCUT2D eigenvalue weighted by Crippen LogP contribution is -2.36. The minimum atomic E-state index is 0.368. The Balaban J connectivity index is 2.17. The Morgan fingerprint density at radius 2 is 1.89 bits per heavy atom. The van der Waals surface area contributed by atoms with E-state index in [1.54, 1.807) is 7.11 Å². The first-order valence-corrected chi connectivity index (χ1v) is 7.53. The first kappa shape index (κ1) is 15.9. The molecule has 1 aliphatic rings. The zero-order chi connectivity index (χ0) is 13.3. The van der Waals surface area contributed by atoms with Crippen molar-refractivity contribution in [3.8, 4) is 0 Å². The highest BCUT2D eigenvalue weighted by atomic mass is 16.5. The third-order valence-corrected chi connectivity index (χ3v) is 4.59. The third-order valence-electron chi connectivity index (χ3n) is 4.59. The van der Waals surface area contributed by atoms with Crippen LogP contribution in [-0.2, 0) is 9.47 Å². The molecule has 2 N–H and O–H groups in total. The Labute approximate surface area is 112 Å². The van der Waals surface area contributed by atoms with Gasteiger partial charge in [-0.1, -0.05) is 13.3 Å². The first-order valence-electron chi connectivity index (χ1n) is 7.53. The number of hydrogen-bond donors (Lipinski definition) is 1. The van der Waals surface area contributed by atoms with Crippen molar-refractivity contribution >= 4 is 0 Å². The summed E-state index contributed by atoms with van der Waals surface area (Å²) in [5.41, 5.74) is 6.38. The van der Waals surface area contributed by atoms with Crippen LogP contribution in [0.3, 0.4) is 0 Å². The van der Waals surface area contributed by atoms with E-state index in [1.165, 1.54) is 32.1 Å². The van der Waals surface area contributed by atoms with Crippen LogP contribution in [0.5, 0.6) is 0 Å². The van der Waals surface area contributed by atoms with Gasteiger partial charge in [0, 0.05) is 26.9 Å². The van der Waals surface area contributed by atoms with E-state index < -0.39 is 0 Å². The van der Waals surface area contributed by atoms with Crippen LogP contribution in [0.1, 0.15) is 51.9 Å². The second-order valence-corrected chi connectivity index (χ2v) is 5.76. The molecule has 0 radical (unpaired) electrons. The molecule has 0 aromatic carbocycles. The molecule has 0 saturated heterocycles. The zero-order valence-electron chi connectivity index (χ0n) is 12.2.